The molecule has 0 radical (unpaired) electrons. The number of aliphatic imine (C=N–C) groups is 1. The fourth-order valence-electron chi connectivity index (χ4n) is 4.63. The highest BCUT2D eigenvalue weighted by Crippen LogP contribution is 2.44. The number of rotatable bonds is 3. The molecule has 1 aliphatic heterocycles. The standard InChI is InChI=1S/C25H25NO3/c1-15-13-20-24(21(27)14-15)23(22(16(2)26-20)25(28)29-3)19-11-9-18(10-12-19)17-7-5-4-6-8-17/h4-12,15,23-24H,13-14H2,1-3H3. The number of benzene rings is 2. The molecule has 3 atom stereocenters. The highest BCUT2D eigenvalue weighted by Gasteiger charge is 2.44. The lowest BCUT2D eigenvalue weighted by Gasteiger charge is -2.37. The average Bonchev–Trinajstić information content (AvgIpc) is 2.73. The van der Waals surface area contributed by atoms with E-state index in [4.69, 9.17) is 4.74 Å². The molecular formula is C25H25NO3. The number of carbonyl (C=O) groups is 2. The number of fused-ring (bicyclic) bond motifs is 1. The molecular weight excluding hydrogens is 362 g/mol. The molecule has 3 unspecified atom stereocenters. The van der Waals surface area contributed by atoms with Gasteiger partial charge in [0.25, 0.3) is 0 Å². The largest absolute Gasteiger partial charge is 0.466 e. The maximum Gasteiger partial charge on any atom is 0.336 e. The fraction of sp³-hybridized carbons (Fsp3) is 0.320. The molecule has 0 aromatic heterocycles. The lowest BCUT2D eigenvalue weighted by Crippen LogP contribution is -2.41. The average molecular weight is 387 g/mol. The minimum atomic E-state index is -0.408. The molecule has 1 heterocycles. The van der Waals surface area contributed by atoms with Crippen LogP contribution in [0.1, 0.15) is 38.2 Å². The molecule has 4 heteroatoms. The van der Waals surface area contributed by atoms with Crippen LogP contribution in [-0.2, 0) is 14.3 Å². The maximum atomic E-state index is 13.0. The van der Waals surface area contributed by atoms with Crippen LogP contribution in [0.5, 0.6) is 0 Å². The van der Waals surface area contributed by atoms with Gasteiger partial charge in [0.1, 0.15) is 5.78 Å². The summed E-state index contributed by atoms with van der Waals surface area (Å²) in [4.78, 5) is 30.3. The molecule has 0 saturated heterocycles. The molecule has 4 nitrogen and oxygen atoms in total. The third-order valence-corrected chi connectivity index (χ3v) is 5.94. The Labute approximate surface area is 171 Å². The predicted octanol–water partition coefficient (Wildman–Crippen LogP) is 4.95. The Morgan fingerprint density at radius 2 is 1.62 bits per heavy atom. The van der Waals surface area contributed by atoms with Gasteiger partial charge in [-0.05, 0) is 36.0 Å². The zero-order chi connectivity index (χ0) is 20.5. The predicted molar refractivity (Wildman–Crippen MR) is 114 cm³/mol. The molecule has 0 bridgehead atoms. The van der Waals surface area contributed by atoms with Crippen molar-refractivity contribution < 1.29 is 14.3 Å². The zero-order valence-electron chi connectivity index (χ0n) is 17.0. The van der Waals surface area contributed by atoms with Crippen molar-refractivity contribution >= 4 is 17.5 Å². The smallest absolute Gasteiger partial charge is 0.336 e. The summed E-state index contributed by atoms with van der Waals surface area (Å²) in [7, 11) is 1.38. The first-order chi connectivity index (χ1) is 14.0. The zero-order valence-corrected chi connectivity index (χ0v) is 17.0. The molecule has 148 valence electrons. The molecule has 2 aromatic carbocycles. The van der Waals surface area contributed by atoms with Crippen LogP contribution in [0.4, 0.5) is 0 Å². The quantitative estimate of drug-likeness (QED) is 0.700. The monoisotopic (exact) mass is 387 g/mol. The molecule has 2 aromatic rings. The number of ketones is 1. The van der Waals surface area contributed by atoms with Gasteiger partial charge in [0.15, 0.2) is 0 Å². The topological polar surface area (TPSA) is 55.7 Å². The Morgan fingerprint density at radius 3 is 2.28 bits per heavy atom. The highest BCUT2D eigenvalue weighted by molar-refractivity contribution is 6.11. The van der Waals surface area contributed by atoms with E-state index in [2.05, 4.69) is 36.2 Å². The molecule has 1 saturated carbocycles. The second-order valence-electron chi connectivity index (χ2n) is 8.02. The van der Waals surface area contributed by atoms with Gasteiger partial charge >= 0.3 is 5.97 Å². The summed E-state index contributed by atoms with van der Waals surface area (Å²) < 4.78 is 5.06. The lowest BCUT2D eigenvalue weighted by atomic mass is 9.67. The third kappa shape index (κ3) is 3.55. The molecule has 1 fully saturated rings. The maximum absolute atomic E-state index is 13.0. The van der Waals surface area contributed by atoms with Crippen molar-refractivity contribution in [1.29, 1.82) is 0 Å². The van der Waals surface area contributed by atoms with E-state index in [1.54, 1.807) is 0 Å². The van der Waals surface area contributed by atoms with Gasteiger partial charge in [-0.2, -0.15) is 0 Å². The third-order valence-electron chi connectivity index (χ3n) is 5.94. The van der Waals surface area contributed by atoms with Crippen molar-refractivity contribution in [2.75, 3.05) is 7.11 Å². The van der Waals surface area contributed by atoms with Gasteiger partial charge in [-0.3, -0.25) is 9.79 Å². The van der Waals surface area contributed by atoms with E-state index in [1.165, 1.54) is 7.11 Å². The number of Topliss-reactive ketones (excluding diaryl/α,β-unsaturated/α-hetero) is 1. The van der Waals surface area contributed by atoms with E-state index < -0.39 is 5.97 Å². The van der Waals surface area contributed by atoms with Gasteiger partial charge in [-0.1, -0.05) is 61.5 Å². The van der Waals surface area contributed by atoms with Crippen molar-refractivity contribution in [2.24, 2.45) is 16.8 Å². The Morgan fingerprint density at radius 1 is 0.966 bits per heavy atom. The Kier molecular flexibility index (Phi) is 5.18. The van der Waals surface area contributed by atoms with E-state index in [0.717, 1.165) is 28.8 Å². The van der Waals surface area contributed by atoms with Crippen LogP contribution in [0.25, 0.3) is 11.1 Å². The van der Waals surface area contributed by atoms with Gasteiger partial charge in [-0.15, -0.1) is 0 Å². The summed E-state index contributed by atoms with van der Waals surface area (Å²) in [6.45, 7) is 3.92. The van der Waals surface area contributed by atoms with Crippen molar-refractivity contribution in [3.63, 3.8) is 0 Å². The summed E-state index contributed by atoms with van der Waals surface area (Å²) in [6.07, 6.45) is 1.32. The van der Waals surface area contributed by atoms with Crippen LogP contribution < -0.4 is 0 Å². The normalized spacial score (nSPS) is 24.0. The summed E-state index contributed by atoms with van der Waals surface area (Å²) in [5.41, 5.74) is 5.23. The van der Waals surface area contributed by atoms with Crippen molar-refractivity contribution in [3.05, 3.63) is 71.4 Å². The van der Waals surface area contributed by atoms with Crippen molar-refractivity contribution in [2.45, 2.75) is 32.6 Å². The number of ether oxygens (including phenoxy) is 1. The van der Waals surface area contributed by atoms with E-state index in [1.807, 2.05) is 37.3 Å². The summed E-state index contributed by atoms with van der Waals surface area (Å²) in [5, 5.41) is 0. The number of carbonyl (C=O) groups excluding carboxylic acids is 2. The minimum absolute atomic E-state index is 0.161. The van der Waals surface area contributed by atoms with Crippen LogP contribution >= 0.6 is 0 Å². The van der Waals surface area contributed by atoms with Crippen molar-refractivity contribution in [3.8, 4) is 11.1 Å². The lowest BCUT2D eigenvalue weighted by molar-refractivity contribution is -0.136. The van der Waals surface area contributed by atoms with Crippen molar-refractivity contribution in [1.82, 2.24) is 0 Å². The van der Waals surface area contributed by atoms with Gasteiger partial charge < -0.3 is 4.74 Å². The molecule has 4 rings (SSSR count). The number of esters is 1. The first kappa shape index (κ1) is 19.3. The molecule has 0 spiro atoms. The van der Waals surface area contributed by atoms with E-state index in [9.17, 15) is 9.59 Å². The molecule has 0 amide bonds. The molecule has 2 aliphatic rings. The Balaban J connectivity index is 1.79. The second-order valence-corrected chi connectivity index (χ2v) is 8.02. The Hall–Kier alpha value is -3.01. The van der Waals surface area contributed by atoms with Gasteiger partial charge in [0.2, 0.25) is 0 Å². The number of methoxy groups -OCH3 is 1. The fourth-order valence-corrected chi connectivity index (χ4v) is 4.63. The first-order valence-electron chi connectivity index (χ1n) is 10.0. The highest BCUT2D eigenvalue weighted by atomic mass is 16.5. The molecule has 0 N–H and O–H groups in total. The van der Waals surface area contributed by atoms with E-state index in [-0.39, 0.29) is 23.5 Å². The first-order valence-corrected chi connectivity index (χ1v) is 10.0. The van der Waals surface area contributed by atoms with Crippen LogP contribution in [0, 0.1) is 11.8 Å². The summed E-state index contributed by atoms with van der Waals surface area (Å²) in [5.74, 6) is -0.695. The minimum Gasteiger partial charge on any atom is -0.466 e. The van der Waals surface area contributed by atoms with Crippen LogP contribution in [0.3, 0.4) is 0 Å². The summed E-state index contributed by atoms with van der Waals surface area (Å²) in [6, 6.07) is 18.3. The second kappa shape index (κ2) is 7.78. The van der Waals surface area contributed by atoms with E-state index in [0.29, 0.717) is 17.7 Å². The van der Waals surface area contributed by atoms with Crippen LogP contribution in [0.15, 0.2) is 70.9 Å². The molecule has 1 aliphatic carbocycles. The van der Waals surface area contributed by atoms with Gasteiger partial charge in [0.05, 0.1) is 18.6 Å². The van der Waals surface area contributed by atoms with Crippen LogP contribution in [0.2, 0.25) is 0 Å². The van der Waals surface area contributed by atoms with Gasteiger partial charge in [-0.25, -0.2) is 4.79 Å². The Bertz CT molecular complexity index is 1000. The number of nitrogens with zero attached hydrogens (tertiary/aromatic N) is 1. The van der Waals surface area contributed by atoms with Gasteiger partial charge in [0, 0.05) is 23.7 Å². The number of allylic oxidation sites excluding steroid dienone is 1. The van der Waals surface area contributed by atoms with Crippen LogP contribution in [-0.4, -0.2) is 24.6 Å². The number of hydrogen-bond donors (Lipinski definition) is 0. The molecule has 29 heavy (non-hydrogen) atoms. The number of hydrogen-bond acceptors (Lipinski definition) is 4. The SMILES string of the molecule is COC(=O)C1=C(C)N=C2CC(C)CC(=O)C2C1c1ccc(-c2ccccc2)cc1. The van der Waals surface area contributed by atoms with E-state index >= 15 is 0 Å². The summed E-state index contributed by atoms with van der Waals surface area (Å²) >= 11 is 0.